The maximum Gasteiger partial charge on any atom is 0.180 e. The third-order valence-corrected chi connectivity index (χ3v) is 11.8. The van der Waals surface area contributed by atoms with Crippen LogP contribution in [0.2, 0.25) is 0 Å². The molecule has 12 rings (SSSR count). The maximum absolute atomic E-state index is 6.53. The Hall–Kier alpha value is -7.55. The van der Waals surface area contributed by atoms with Gasteiger partial charge in [0.2, 0.25) is 0 Å². The highest BCUT2D eigenvalue weighted by Gasteiger charge is 2.22. The Bertz CT molecular complexity index is 3540. The fourth-order valence-electron chi connectivity index (χ4n) is 7.92. The molecule has 7 aromatic carbocycles. The largest absolute Gasteiger partial charge is 0.456 e. The molecule has 0 amide bonds. The second-order valence-electron chi connectivity index (χ2n) is 14.0. The molecule has 0 radical (unpaired) electrons. The van der Waals surface area contributed by atoms with Crippen molar-refractivity contribution in [3.8, 4) is 56.8 Å². The van der Waals surface area contributed by atoms with Crippen LogP contribution < -0.4 is 0 Å². The minimum atomic E-state index is 0.559. The Balaban J connectivity index is 1.10. The number of aromatic nitrogens is 5. The van der Waals surface area contributed by atoms with Crippen molar-refractivity contribution in [3.63, 3.8) is 0 Å². The molecule has 0 unspecified atom stereocenters. The predicted octanol–water partition coefficient (Wildman–Crippen LogP) is 13.2. The molecule has 0 N–H and O–H groups in total. The first-order valence-electron chi connectivity index (χ1n) is 18.7. The summed E-state index contributed by atoms with van der Waals surface area (Å²) in [4.78, 5) is 25.7. The molecular weight excluding hydrogens is 723 g/mol. The predicted molar refractivity (Wildman–Crippen MR) is 230 cm³/mol. The normalized spacial score (nSPS) is 11.9. The van der Waals surface area contributed by atoms with Crippen LogP contribution >= 0.6 is 11.3 Å². The van der Waals surface area contributed by atoms with Gasteiger partial charge in [-0.2, -0.15) is 0 Å². The molecule has 0 bridgehead atoms. The Labute approximate surface area is 328 Å². The summed E-state index contributed by atoms with van der Waals surface area (Å²) >= 11 is 1.76. The number of fused-ring (bicyclic) bond motifs is 9. The number of benzene rings is 7. The van der Waals surface area contributed by atoms with E-state index in [2.05, 4.69) is 54.6 Å². The van der Waals surface area contributed by atoms with E-state index in [0.29, 0.717) is 34.6 Å². The zero-order chi connectivity index (χ0) is 37.5. The van der Waals surface area contributed by atoms with Crippen LogP contribution in [0, 0.1) is 0 Å². The van der Waals surface area contributed by atoms with Crippen molar-refractivity contribution < 1.29 is 8.83 Å². The molecule has 0 aliphatic rings. The van der Waals surface area contributed by atoms with Gasteiger partial charge < -0.3 is 8.83 Å². The molecule has 5 heterocycles. The van der Waals surface area contributed by atoms with Gasteiger partial charge in [-0.15, -0.1) is 11.3 Å². The van der Waals surface area contributed by atoms with Gasteiger partial charge in [-0.1, -0.05) is 115 Å². The quantitative estimate of drug-likeness (QED) is 0.173. The van der Waals surface area contributed by atoms with Crippen LogP contribution in [0.15, 0.2) is 173 Å². The average Bonchev–Trinajstić information content (AvgIpc) is 3.98. The van der Waals surface area contributed by atoms with E-state index in [9.17, 15) is 0 Å². The molecular formula is C49H27N5O2S. The van der Waals surface area contributed by atoms with Crippen LogP contribution in [0.25, 0.3) is 121 Å². The van der Waals surface area contributed by atoms with Gasteiger partial charge in [0.05, 0.1) is 0 Å². The Morgan fingerprint density at radius 1 is 0.386 bits per heavy atom. The number of nitrogens with zero attached hydrogens (tertiary/aromatic N) is 5. The van der Waals surface area contributed by atoms with E-state index in [1.54, 1.807) is 11.3 Å². The summed E-state index contributed by atoms with van der Waals surface area (Å²) in [5.74, 6) is 2.40. The van der Waals surface area contributed by atoms with Crippen molar-refractivity contribution in [2.75, 3.05) is 0 Å². The van der Waals surface area contributed by atoms with Crippen molar-refractivity contribution >= 4 is 75.5 Å². The van der Waals surface area contributed by atoms with E-state index in [1.807, 2.05) is 109 Å². The number of para-hydroxylation sites is 1. The fraction of sp³-hybridized carbons (Fsp3) is 0. The van der Waals surface area contributed by atoms with Crippen molar-refractivity contribution in [1.82, 2.24) is 24.9 Å². The van der Waals surface area contributed by atoms with Crippen LogP contribution in [0.5, 0.6) is 0 Å². The van der Waals surface area contributed by atoms with E-state index in [4.69, 9.17) is 33.8 Å². The molecule has 0 spiro atoms. The van der Waals surface area contributed by atoms with E-state index >= 15 is 0 Å². The summed E-state index contributed by atoms with van der Waals surface area (Å²) in [6, 6.07) is 55.2. The lowest BCUT2D eigenvalue weighted by Gasteiger charge is -2.10. The standard InChI is InChI=1S/C49H27N5O2S/c1-3-13-28(14-4-1)46-50-42(44-43(51-46)33-18-7-9-22-37(33)56-44)30-25-26-38-36(27-30)41-34(20-12-23-39(41)55-38)48-52-47(29-15-5-2-6-16-29)53-49(54-48)35-21-11-19-32-31-17-8-10-24-40(31)57-45(32)35/h1-27H. The molecule has 0 fully saturated rings. The highest BCUT2D eigenvalue weighted by atomic mass is 32.1. The highest BCUT2D eigenvalue weighted by molar-refractivity contribution is 7.26. The van der Waals surface area contributed by atoms with Crippen LogP contribution in [0.1, 0.15) is 0 Å². The summed E-state index contributed by atoms with van der Waals surface area (Å²) in [5, 5.41) is 5.17. The molecule has 7 nitrogen and oxygen atoms in total. The van der Waals surface area contributed by atoms with Crippen LogP contribution in [0.4, 0.5) is 0 Å². The van der Waals surface area contributed by atoms with Gasteiger partial charge in [0.1, 0.15) is 28.0 Å². The molecule has 0 aliphatic heterocycles. The number of hydrogen-bond donors (Lipinski definition) is 0. The molecule has 5 aromatic heterocycles. The molecule has 0 atom stereocenters. The van der Waals surface area contributed by atoms with Crippen molar-refractivity contribution in [2.24, 2.45) is 0 Å². The Morgan fingerprint density at radius 3 is 1.82 bits per heavy atom. The number of furan rings is 2. The monoisotopic (exact) mass is 749 g/mol. The second kappa shape index (κ2) is 12.5. The van der Waals surface area contributed by atoms with Gasteiger partial charge in [0.25, 0.3) is 0 Å². The number of thiophene rings is 1. The minimum Gasteiger partial charge on any atom is -0.456 e. The third kappa shape index (κ3) is 5.08. The highest BCUT2D eigenvalue weighted by Crippen LogP contribution is 2.43. The van der Waals surface area contributed by atoms with Crippen LogP contribution in [-0.2, 0) is 0 Å². The smallest absolute Gasteiger partial charge is 0.180 e. The molecule has 0 saturated carbocycles. The summed E-state index contributed by atoms with van der Waals surface area (Å²) in [6.45, 7) is 0. The average molecular weight is 750 g/mol. The van der Waals surface area contributed by atoms with Gasteiger partial charge in [-0.25, -0.2) is 24.9 Å². The molecule has 12 aromatic rings. The zero-order valence-corrected chi connectivity index (χ0v) is 30.9. The van der Waals surface area contributed by atoms with Gasteiger partial charge >= 0.3 is 0 Å². The summed E-state index contributed by atoms with van der Waals surface area (Å²) in [7, 11) is 0. The van der Waals surface area contributed by atoms with Gasteiger partial charge in [-0.05, 0) is 48.5 Å². The van der Waals surface area contributed by atoms with E-state index in [1.165, 1.54) is 15.5 Å². The second-order valence-corrected chi connectivity index (χ2v) is 15.0. The zero-order valence-electron chi connectivity index (χ0n) is 30.0. The van der Waals surface area contributed by atoms with E-state index in [-0.39, 0.29) is 0 Å². The summed E-state index contributed by atoms with van der Waals surface area (Å²) in [5.41, 5.74) is 8.86. The first-order chi connectivity index (χ1) is 28.2. The lowest BCUT2D eigenvalue weighted by Crippen LogP contribution is -2.00. The maximum atomic E-state index is 6.53. The topological polar surface area (TPSA) is 90.7 Å². The SMILES string of the molecule is c1ccc(-c2nc(-c3cccc4c3sc3ccccc34)nc(-c3cccc4oc5ccc(-c6nc(-c7ccccc7)nc7c6oc6ccccc67)cc5c34)n2)cc1. The van der Waals surface area contributed by atoms with Crippen LogP contribution in [0.3, 0.4) is 0 Å². The molecule has 0 aliphatic carbocycles. The fourth-order valence-corrected chi connectivity index (χ4v) is 9.13. The molecule has 0 saturated heterocycles. The van der Waals surface area contributed by atoms with Gasteiger partial charge in [0.15, 0.2) is 28.9 Å². The van der Waals surface area contributed by atoms with Crippen LogP contribution in [-0.4, -0.2) is 24.9 Å². The van der Waals surface area contributed by atoms with Gasteiger partial charge in [-0.3, -0.25) is 0 Å². The summed E-state index contributed by atoms with van der Waals surface area (Å²) < 4.78 is 15.4. The van der Waals surface area contributed by atoms with E-state index < -0.39 is 0 Å². The molecule has 57 heavy (non-hydrogen) atoms. The Morgan fingerprint density at radius 2 is 1.00 bits per heavy atom. The minimum absolute atomic E-state index is 0.559. The number of hydrogen-bond acceptors (Lipinski definition) is 8. The van der Waals surface area contributed by atoms with Crippen molar-refractivity contribution in [1.29, 1.82) is 0 Å². The molecule has 266 valence electrons. The Kier molecular flexibility index (Phi) is 6.96. The first-order valence-corrected chi connectivity index (χ1v) is 19.5. The van der Waals surface area contributed by atoms with Crippen molar-refractivity contribution in [2.45, 2.75) is 0 Å². The number of rotatable bonds is 5. The lowest BCUT2D eigenvalue weighted by atomic mass is 10.0. The summed E-state index contributed by atoms with van der Waals surface area (Å²) in [6.07, 6.45) is 0. The van der Waals surface area contributed by atoms with E-state index in [0.717, 1.165) is 70.9 Å². The van der Waals surface area contributed by atoms with Crippen molar-refractivity contribution in [3.05, 3.63) is 164 Å². The lowest BCUT2D eigenvalue weighted by molar-refractivity contribution is 0.666. The molecule has 8 heteroatoms. The third-order valence-electron chi connectivity index (χ3n) is 10.6. The van der Waals surface area contributed by atoms with Gasteiger partial charge in [0, 0.05) is 64.1 Å². The first kappa shape index (κ1) is 31.8.